The van der Waals surface area contributed by atoms with E-state index in [4.69, 9.17) is 4.74 Å². The van der Waals surface area contributed by atoms with Crippen molar-refractivity contribution in [1.29, 1.82) is 0 Å². The molecule has 2 aromatic carbocycles. The second-order valence-corrected chi connectivity index (χ2v) is 4.56. The minimum Gasteiger partial charge on any atom is -0.497 e. The van der Waals surface area contributed by atoms with Crippen molar-refractivity contribution in [3.63, 3.8) is 0 Å². The summed E-state index contributed by atoms with van der Waals surface area (Å²) in [7, 11) is 1.52. The molecule has 0 radical (unpaired) electrons. The Morgan fingerprint density at radius 3 is 2.43 bits per heavy atom. The van der Waals surface area contributed by atoms with Crippen LogP contribution in [0.3, 0.4) is 0 Å². The van der Waals surface area contributed by atoms with E-state index in [1.54, 1.807) is 24.3 Å². The van der Waals surface area contributed by atoms with Crippen molar-refractivity contribution < 1.29 is 13.5 Å². The largest absolute Gasteiger partial charge is 0.497 e. The molecule has 0 spiro atoms. The Bertz CT molecular complexity index is 870. The third-order valence-electron chi connectivity index (χ3n) is 3.29. The zero-order valence-corrected chi connectivity index (χ0v) is 11.1. The molecule has 3 rings (SSSR count). The number of fused-ring (bicyclic) bond motifs is 1. The van der Waals surface area contributed by atoms with E-state index in [2.05, 4.69) is 4.98 Å². The summed E-state index contributed by atoms with van der Waals surface area (Å²) in [5, 5.41) is 0.0421. The van der Waals surface area contributed by atoms with E-state index < -0.39 is 17.2 Å². The number of rotatable bonds is 2. The molecule has 3 nitrogen and oxygen atoms in total. The Balaban J connectivity index is 2.28. The van der Waals surface area contributed by atoms with Gasteiger partial charge in [0.2, 0.25) is 0 Å². The minimum absolute atomic E-state index is 0.0421. The number of nitrogens with one attached hydrogen (secondary N) is 1. The van der Waals surface area contributed by atoms with Gasteiger partial charge in [-0.15, -0.1) is 0 Å². The standard InChI is InChI=1S/C16H11F2NO2/c1-21-11-5-2-9(3-6-11)14-15(18)12-8-10(17)4-7-13(12)19-16(14)20/h2-8H,1H3,(H,19,20). The van der Waals surface area contributed by atoms with E-state index in [1.807, 2.05) is 0 Å². The smallest absolute Gasteiger partial charge is 0.259 e. The van der Waals surface area contributed by atoms with Crippen molar-refractivity contribution in [2.24, 2.45) is 0 Å². The molecule has 1 heterocycles. The van der Waals surface area contributed by atoms with Gasteiger partial charge in [-0.1, -0.05) is 12.1 Å². The van der Waals surface area contributed by atoms with Crippen LogP contribution in [0.2, 0.25) is 0 Å². The Morgan fingerprint density at radius 2 is 1.76 bits per heavy atom. The Labute approximate surface area is 118 Å². The fourth-order valence-corrected chi connectivity index (χ4v) is 2.24. The lowest BCUT2D eigenvalue weighted by Gasteiger charge is -2.07. The van der Waals surface area contributed by atoms with Gasteiger partial charge in [-0.3, -0.25) is 4.79 Å². The molecule has 0 unspecified atom stereocenters. The maximum Gasteiger partial charge on any atom is 0.259 e. The number of H-pyrrole nitrogens is 1. The molecule has 0 amide bonds. The first kappa shape index (κ1) is 13.3. The molecule has 0 aliphatic rings. The summed E-state index contributed by atoms with van der Waals surface area (Å²) in [4.78, 5) is 14.6. The van der Waals surface area contributed by atoms with Gasteiger partial charge in [0.15, 0.2) is 0 Å². The third kappa shape index (κ3) is 2.27. The second-order valence-electron chi connectivity index (χ2n) is 4.56. The van der Waals surface area contributed by atoms with Crippen LogP contribution in [0.25, 0.3) is 22.0 Å². The zero-order valence-electron chi connectivity index (χ0n) is 11.1. The third-order valence-corrected chi connectivity index (χ3v) is 3.29. The maximum atomic E-state index is 14.6. The van der Waals surface area contributed by atoms with Crippen LogP contribution in [0.4, 0.5) is 8.78 Å². The number of hydrogen-bond donors (Lipinski definition) is 1. The second kappa shape index (κ2) is 5.01. The first-order chi connectivity index (χ1) is 10.1. The molecule has 0 atom stereocenters. The fourth-order valence-electron chi connectivity index (χ4n) is 2.24. The monoisotopic (exact) mass is 287 g/mol. The molecule has 1 N–H and O–H groups in total. The highest BCUT2D eigenvalue weighted by atomic mass is 19.1. The van der Waals surface area contributed by atoms with E-state index >= 15 is 0 Å². The number of methoxy groups -OCH3 is 1. The lowest BCUT2D eigenvalue weighted by molar-refractivity contribution is 0.415. The van der Waals surface area contributed by atoms with Crippen molar-refractivity contribution in [2.75, 3.05) is 7.11 Å². The number of ether oxygens (including phenoxy) is 1. The molecule has 0 aliphatic carbocycles. The summed E-state index contributed by atoms with van der Waals surface area (Å²) in [6.07, 6.45) is 0. The molecular weight excluding hydrogens is 276 g/mol. The Hall–Kier alpha value is -2.69. The van der Waals surface area contributed by atoms with Crippen molar-refractivity contribution in [1.82, 2.24) is 4.98 Å². The summed E-state index contributed by atoms with van der Waals surface area (Å²) in [5.41, 5.74) is -0.00981. The van der Waals surface area contributed by atoms with Crippen molar-refractivity contribution >= 4 is 10.9 Å². The van der Waals surface area contributed by atoms with Gasteiger partial charge in [0, 0.05) is 5.39 Å². The topological polar surface area (TPSA) is 42.1 Å². The van der Waals surface area contributed by atoms with Crippen molar-refractivity contribution in [3.05, 3.63) is 64.5 Å². The van der Waals surface area contributed by atoms with Crippen LogP contribution < -0.4 is 10.3 Å². The lowest BCUT2D eigenvalue weighted by Crippen LogP contribution is -2.12. The van der Waals surface area contributed by atoms with Crippen LogP contribution >= 0.6 is 0 Å². The highest BCUT2D eigenvalue weighted by molar-refractivity contribution is 5.84. The van der Waals surface area contributed by atoms with Gasteiger partial charge in [-0.25, -0.2) is 8.78 Å². The Morgan fingerprint density at radius 1 is 1.05 bits per heavy atom. The number of pyridine rings is 1. The first-order valence-electron chi connectivity index (χ1n) is 6.25. The van der Waals surface area contributed by atoms with Gasteiger partial charge in [0.05, 0.1) is 18.2 Å². The number of aromatic nitrogens is 1. The van der Waals surface area contributed by atoms with Crippen LogP contribution in [-0.2, 0) is 0 Å². The summed E-state index contributed by atoms with van der Waals surface area (Å²) in [6.45, 7) is 0. The molecule has 0 saturated heterocycles. The molecule has 5 heteroatoms. The van der Waals surface area contributed by atoms with Crippen LogP contribution in [0.1, 0.15) is 0 Å². The van der Waals surface area contributed by atoms with Gasteiger partial charge >= 0.3 is 0 Å². The van der Waals surface area contributed by atoms with E-state index in [9.17, 15) is 13.6 Å². The zero-order chi connectivity index (χ0) is 15.0. The molecule has 1 aromatic heterocycles. The average Bonchev–Trinajstić information content (AvgIpc) is 2.49. The lowest BCUT2D eigenvalue weighted by atomic mass is 10.0. The van der Waals surface area contributed by atoms with Gasteiger partial charge < -0.3 is 9.72 Å². The van der Waals surface area contributed by atoms with Gasteiger partial charge in [0.25, 0.3) is 5.56 Å². The molecule has 106 valence electrons. The van der Waals surface area contributed by atoms with Gasteiger partial charge in [-0.2, -0.15) is 0 Å². The molecule has 0 saturated carbocycles. The van der Waals surface area contributed by atoms with Crippen LogP contribution in [0.5, 0.6) is 5.75 Å². The summed E-state index contributed by atoms with van der Waals surface area (Å²) in [6, 6.07) is 9.99. The molecule has 0 aliphatic heterocycles. The predicted molar refractivity (Wildman–Crippen MR) is 76.5 cm³/mol. The summed E-state index contributed by atoms with van der Waals surface area (Å²) >= 11 is 0. The quantitative estimate of drug-likeness (QED) is 0.784. The fraction of sp³-hybridized carbons (Fsp3) is 0.0625. The molecular formula is C16H11F2NO2. The number of aromatic amines is 1. The first-order valence-corrected chi connectivity index (χ1v) is 6.25. The van der Waals surface area contributed by atoms with E-state index in [0.29, 0.717) is 11.3 Å². The summed E-state index contributed by atoms with van der Waals surface area (Å²) < 4.78 is 32.9. The van der Waals surface area contributed by atoms with E-state index in [0.717, 1.165) is 6.07 Å². The van der Waals surface area contributed by atoms with Crippen LogP contribution in [0, 0.1) is 11.6 Å². The molecule has 21 heavy (non-hydrogen) atoms. The van der Waals surface area contributed by atoms with Crippen LogP contribution in [0.15, 0.2) is 47.3 Å². The Kier molecular flexibility index (Phi) is 3.17. The summed E-state index contributed by atoms with van der Waals surface area (Å²) in [5.74, 6) is -0.699. The van der Waals surface area contributed by atoms with Crippen LogP contribution in [-0.4, -0.2) is 12.1 Å². The number of benzene rings is 2. The van der Waals surface area contributed by atoms with E-state index in [-0.39, 0.29) is 16.5 Å². The van der Waals surface area contributed by atoms with E-state index in [1.165, 1.54) is 19.2 Å². The molecule has 3 aromatic rings. The maximum absolute atomic E-state index is 14.6. The van der Waals surface area contributed by atoms with Gasteiger partial charge in [0.1, 0.15) is 17.4 Å². The molecule has 0 bridgehead atoms. The van der Waals surface area contributed by atoms with Crippen molar-refractivity contribution in [3.8, 4) is 16.9 Å². The normalized spacial score (nSPS) is 10.8. The number of hydrogen-bond acceptors (Lipinski definition) is 2. The highest BCUT2D eigenvalue weighted by Gasteiger charge is 2.15. The average molecular weight is 287 g/mol. The van der Waals surface area contributed by atoms with Crippen molar-refractivity contribution in [2.45, 2.75) is 0 Å². The molecule has 0 fully saturated rings. The number of halogens is 2. The predicted octanol–water partition coefficient (Wildman–Crippen LogP) is 3.48. The highest BCUT2D eigenvalue weighted by Crippen LogP contribution is 2.26. The minimum atomic E-state index is -0.738. The van der Waals surface area contributed by atoms with Gasteiger partial charge in [-0.05, 0) is 35.9 Å². The SMILES string of the molecule is COc1ccc(-c2c(F)c3cc(F)ccc3[nH]c2=O)cc1.